The van der Waals surface area contributed by atoms with Gasteiger partial charge in [-0.1, -0.05) is 31.6 Å². The highest BCUT2D eigenvalue weighted by atomic mass is 32.2. The molecule has 2 fully saturated rings. The molecule has 1 heterocycles. The fourth-order valence-corrected chi connectivity index (χ4v) is 5.81. The van der Waals surface area contributed by atoms with Crippen LogP contribution < -0.4 is 0 Å². The summed E-state index contributed by atoms with van der Waals surface area (Å²) >= 11 is 1.64. The van der Waals surface area contributed by atoms with E-state index >= 15 is 0 Å². The van der Waals surface area contributed by atoms with E-state index in [-0.39, 0.29) is 23.7 Å². The SMILES string of the molecule is C=C(C)C(C)C/C=C/C(=C(/SCCN(C)C)C(C)=O)N1CCN(C(=O)C2CCCC(OC)C2)CC1. The number of ketones is 1. The number of amides is 1. The summed E-state index contributed by atoms with van der Waals surface area (Å²) in [4.78, 5) is 33.2. The van der Waals surface area contributed by atoms with Gasteiger partial charge in [0.1, 0.15) is 0 Å². The van der Waals surface area contributed by atoms with Gasteiger partial charge in [0.2, 0.25) is 5.91 Å². The molecule has 198 valence electrons. The van der Waals surface area contributed by atoms with E-state index in [2.05, 4.69) is 56.5 Å². The second-order valence-electron chi connectivity index (χ2n) is 10.3. The maximum absolute atomic E-state index is 13.2. The Kier molecular flexibility index (Phi) is 12.6. The summed E-state index contributed by atoms with van der Waals surface area (Å²) in [6.45, 7) is 13.8. The topological polar surface area (TPSA) is 53.1 Å². The molecule has 1 saturated carbocycles. The van der Waals surface area contributed by atoms with Gasteiger partial charge in [0.15, 0.2) is 5.78 Å². The van der Waals surface area contributed by atoms with Gasteiger partial charge in [0, 0.05) is 51.5 Å². The molecule has 0 aromatic heterocycles. The molecule has 7 heteroatoms. The van der Waals surface area contributed by atoms with Gasteiger partial charge in [0.05, 0.1) is 16.7 Å². The van der Waals surface area contributed by atoms with Crippen molar-refractivity contribution in [2.75, 3.05) is 59.7 Å². The lowest BCUT2D eigenvalue weighted by atomic mass is 9.86. The lowest BCUT2D eigenvalue weighted by molar-refractivity contribution is -0.139. The van der Waals surface area contributed by atoms with E-state index in [0.717, 1.165) is 73.7 Å². The van der Waals surface area contributed by atoms with Gasteiger partial charge in [-0.05, 0) is 65.6 Å². The zero-order chi connectivity index (χ0) is 26.0. The molecule has 0 aromatic rings. The first kappa shape index (κ1) is 29.7. The van der Waals surface area contributed by atoms with E-state index in [1.807, 2.05) is 4.90 Å². The zero-order valence-electron chi connectivity index (χ0n) is 22.8. The summed E-state index contributed by atoms with van der Waals surface area (Å²) in [5, 5.41) is 0. The molecule has 3 atom stereocenters. The highest BCUT2D eigenvalue weighted by Crippen LogP contribution is 2.30. The summed E-state index contributed by atoms with van der Waals surface area (Å²) in [5.74, 6) is 1.72. The first-order valence-electron chi connectivity index (χ1n) is 13.0. The summed E-state index contributed by atoms with van der Waals surface area (Å²) in [5.41, 5.74) is 2.16. The summed E-state index contributed by atoms with van der Waals surface area (Å²) in [6.07, 6.45) is 9.31. The van der Waals surface area contributed by atoms with Crippen LogP contribution in [0, 0.1) is 11.8 Å². The molecular weight excluding hydrogens is 458 g/mol. The summed E-state index contributed by atoms with van der Waals surface area (Å²) in [7, 11) is 5.85. The average Bonchev–Trinajstić information content (AvgIpc) is 2.84. The Hall–Kier alpha value is -1.57. The average molecular weight is 506 g/mol. The van der Waals surface area contributed by atoms with Crippen molar-refractivity contribution in [2.45, 2.75) is 59.0 Å². The molecule has 1 aliphatic heterocycles. The van der Waals surface area contributed by atoms with Crippen LogP contribution >= 0.6 is 11.8 Å². The lowest BCUT2D eigenvalue weighted by Crippen LogP contribution is -2.50. The van der Waals surface area contributed by atoms with Crippen molar-refractivity contribution in [3.8, 4) is 0 Å². The molecule has 1 saturated heterocycles. The molecule has 0 spiro atoms. The van der Waals surface area contributed by atoms with Gasteiger partial charge in [-0.2, -0.15) is 0 Å². The van der Waals surface area contributed by atoms with E-state index in [1.165, 1.54) is 0 Å². The van der Waals surface area contributed by atoms with Crippen LogP contribution in [0.1, 0.15) is 52.9 Å². The number of piperazine rings is 1. The smallest absolute Gasteiger partial charge is 0.225 e. The fraction of sp³-hybridized carbons (Fsp3) is 0.714. The predicted octanol–water partition coefficient (Wildman–Crippen LogP) is 4.59. The van der Waals surface area contributed by atoms with Crippen LogP contribution in [0.4, 0.5) is 0 Å². The lowest BCUT2D eigenvalue weighted by Gasteiger charge is -2.39. The third-order valence-electron chi connectivity index (χ3n) is 7.18. The number of hydrogen-bond acceptors (Lipinski definition) is 6. The summed E-state index contributed by atoms with van der Waals surface area (Å²) in [6, 6.07) is 0. The van der Waals surface area contributed by atoms with Gasteiger partial charge in [-0.15, -0.1) is 11.8 Å². The van der Waals surface area contributed by atoms with Crippen LogP contribution in [0.25, 0.3) is 0 Å². The van der Waals surface area contributed by atoms with Crippen LogP contribution in [-0.4, -0.2) is 92.2 Å². The molecule has 6 nitrogen and oxygen atoms in total. The Morgan fingerprint density at radius 2 is 1.80 bits per heavy atom. The van der Waals surface area contributed by atoms with E-state index in [0.29, 0.717) is 19.0 Å². The molecule has 0 N–H and O–H groups in total. The van der Waals surface area contributed by atoms with Crippen molar-refractivity contribution in [1.82, 2.24) is 14.7 Å². The first-order chi connectivity index (χ1) is 16.6. The van der Waals surface area contributed by atoms with E-state index in [9.17, 15) is 9.59 Å². The molecule has 1 aliphatic carbocycles. The van der Waals surface area contributed by atoms with E-state index in [1.54, 1.807) is 25.8 Å². The van der Waals surface area contributed by atoms with Crippen LogP contribution in [0.5, 0.6) is 0 Å². The number of rotatable bonds is 12. The largest absolute Gasteiger partial charge is 0.381 e. The monoisotopic (exact) mass is 505 g/mol. The summed E-state index contributed by atoms with van der Waals surface area (Å²) < 4.78 is 5.54. The maximum Gasteiger partial charge on any atom is 0.225 e. The third-order valence-corrected chi connectivity index (χ3v) is 8.36. The normalized spacial score (nSPS) is 22.9. The molecule has 2 aliphatic rings. The van der Waals surface area contributed by atoms with Crippen molar-refractivity contribution in [1.29, 1.82) is 0 Å². The highest BCUT2D eigenvalue weighted by molar-refractivity contribution is 8.04. The number of ether oxygens (including phenoxy) is 1. The first-order valence-corrected chi connectivity index (χ1v) is 14.0. The second kappa shape index (κ2) is 14.9. The van der Waals surface area contributed by atoms with E-state index < -0.39 is 0 Å². The van der Waals surface area contributed by atoms with Gasteiger partial charge in [-0.3, -0.25) is 9.59 Å². The number of Topliss-reactive ketones (excluding diaryl/α,β-unsaturated/α-hetero) is 1. The minimum absolute atomic E-state index is 0.0770. The predicted molar refractivity (Wildman–Crippen MR) is 147 cm³/mol. The second-order valence-corrected chi connectivity index (χ2v) is 11.4. The minimum atomic E-state index is 0.0770. The minimum Gasteiger partial charge on any atom is -0.381 e. The van der Waals surface area contributed by atoms with Crippen molar-refractivity contribution in [2.24, 2.45) is 11.8 Å². The molecular formula is C28H47N3O3S. The third kappa shape index (κ3) is 9.43. The zero-order valence-corrected chi connectivity index (χ0v) is 23.7. The van der Waals surface area contributed by atoms with E-state index in [4.69, 9.17) is 4.74 Å². The standard InChI is InChI=1S/C28H47N3O3S/c1-21(2)22(3)10-8-13-26(27(23(4)32)35-19-18-29(5)6)30-14-16-31(17-15-30)28(33)24-11-9-12-25(20-24)34-7/h8,13,22,24-25H,1,9-12,14-20H2,2-7H3/b13-8+,27-26-. The van der Waals surface area contributed by atoms with Gasteiger partial charge in [-0.25, -0.2) is 0 Å². The van der Waals surface area contributed by atoms with Crippen molar-refractivity contribution >= 4 is 23.5 Å². The molecule has 1 amide bonds. The Labute approximate surface area is 217 Å². The number of hydrogen-bond donors (Lipinski definition) is 0. The van der Waals surface area contributed by atoms with Gasteiger partial charge in [0.25, 0.3) is 0 Å². The number of thioether (sulfide) groups is 1. The molecule has 3 unspecified atom stereocenters. The number of methoxy groups -OCH3 is 1. The van der Waals surface area contributed by atoms with Crippen LogP contribution in [-0.2, 0) is 14.3 Å². The molecule has 35 heavy (non-hydrogen) atoms. The van der Waals surface area contributed by atoms with Crippen molar-refractivity contribution in [3.63, 3.8) is 0 Å². The Morgan fingerprint density at radius 1 is 1.14 bits per heavy atom. The highest BCUT2D eigenvalue weighted by Gasteiger charge is 2.32. The van der Waals surface area contributed by atoms with Crippen LogP contribution in [0.2, 0.25) is 0 Å². The molecule has 0 bridgehead atoms. The van der Waals surface area contributed by atoms with Crippen LogP contribution in [0.3, 0.4) is 0 Å². The number of nitrogens with zero attached hydrogens (tertiary/aromatic N) is 3. The number of carbonyl (C=O) groups excluding carboxylic acids is 2. The van der Waals surface area contributed by atoms with Gasteiger partial charge >= 0.3 is 0 Å². The molecule has 0 aromatic carbocycles. The van der Waals surface area contributed by atoms with Gasteiger partial charge < -0.3 is 19.4 Å². The number of allylic oxidation sites excluding steroid dienone is 4. The van der Waals surface area contributed by atoms with Crippen molar-refractivity contribution in [3.05, 3.63) is 34.9 Å². The van der Waals surface area contributed by atoms with Crippen LogP contribution in [0.15, 0.2) is 34.9 Å². The molecule has 0 radical (unpaired) electrons. The molecule has 2 rings (SSSR count). The fourth-order valence-electron chi connectivity index (χ4n) is 4.61. The Morgan fingerprint density at radius 3 is 2.37 bits per heavy atom. The van der Waals surface area contributed by atoms with Crippen molar-refractivity contribution < 1.29 is 14.3 Å². The Balaban J connectivity index is 2.14. The maximum atomic E-state index is 13.2. The number of carbonyl (C=O) groups is 2. The Bertz CT molecular complexity index is 784. The quantitative estimate of drug-likeness (QED) is 0.220.